The largest absolute Gasteiger partial charge is 0.480 e. The van der Waals surface area contributed by atoms with Crippen LogP contribution in [0.3, 0.4) is 0 Å². The van der Waals surface area contributed by atoms with E-state index in [2.05, 4.69) is 17.2 Å². The molecule has 2 rings (SSSR count). The minimum Gasteiger partial charge on any atom is -0.480 e. The molecule has 0 heterocycles. The Kier molecular flexibility index (Phi) is 5.62. The molecule has 21 heavy (non-hydrogen) atoms. The number of carbonyl (C=O) groups excluding carboxylic acids is 1. The molecule has 0 aliphatic heterocycles. The summed E-state index contributed by atoms with van der Waals surface area (Å²) in [5.41, 5.74) is 0. The van der Waals surface area contributed by atoms with Gasteiger partial charge in [-0.05, 0) is 11.5 Å². The number of nitrogens with one attached hydrogen (secondary N) is 1. The van der Waals surface area contributed by atoms with Crippen molar-refractivity contribution in [2.75, 3.05) is 26.9 Å². The standard InChI is InChI=1S/C17H17NO3/c1-20-13-17(19)18-11-4-5-12-21-16-10-6-8-14-7-2-3-9-15(14)16/h2-3,6-10H,11-13H2,1H3,(H,18,19). The molecule has 2 aromatic rings. The van der Waals surface area contributed by atoms with Crippen molar-refractivity contribution in [3.8, 4) is 17.6 Å². The average Bonchev–Trinajstić information content (AvgIpc) is 2.51. The Bertz CT molecular complexity index is 665. The Morgan fingerprint density at radius 1 is 1.14 bits per heavy atom. The van der Waals surface area contributed by atoms with Gasteiger partial charge in [0, 0.05) is 12.5 Å². The summed E-state index contributed by atoms with van der Waals surface area (Å²) < 4.78 is 10.4. The Morgan fingerprint density at radius 3 is 2.81 bits per heavy atom. The Labute approximate surface area is 124 Å². The van der Waals surface area contributed by atoms with Gasteiger partial charge in [0.05, 0.1) is 6.54 Å². The summed E-state index contributed by atoms with van der Waals surface area (Å²) >= 11 is 0. The fourth-order valence-corrected chi connectivity index (χ4v) is 1.87. The lowest BCUT2D eigenvalue weighted by atomic mass is 10.1. The second-order valence-electron chi connectivity index (χ2n) is 4.33. The molecule has 0 spiro atoms. The first-order valence-electron chi connectivity index (χ1n) is 6.63. The topological polar surface area (TPSA) is 47.6 Å². The van der Waals surface area contributed by atoms with Gasteiger partial charge in [-0.15, -0.1) is 0 Å². The normalized spacial score (nSPS) is 9.76. The molecule has 1 amide bonds. The third-order valence-corrected chi connectivity index (χ3v) is 2.82. The molecular weight excluding hydrogens is 266 g/mol. The Balaban J connectivity index is 1.85. The van der Waals surface area contributed by atoms with Crippen LogP contribution in [0, 0.1) is 11.8 Å². The van der Waals surface area contributed by atoms with Crippen LogP contribution in [-0.4, -0.2) is 32.8 Å². The molecule has 0 unspecified atom stereocenters. The smallest absolute Gasteiger partial charge is 0.246 e. The molecule has 2 aromatic carbocycles. The average molecular weight is 283 g/mol. The molecule has 4 nitrogen and oxygen atoms in total. The summed E-state index contributed by atoms with van der Waals surface area (Å²) in [4.78, 5) is 11.1. The predicted octanol–water partition coefficient (Wildman–Crippen LogP) is 1.98. The van der Waals surface area contributed by atoms with Gasteiger partial charge in [0.25, 0.3) is 0 Å². The van der Waals surface area contributed by atoms with E-state index in [4.69, 9.17) is 9.47 Å². The van der Waals surface area contributed by atoms with E-state index in [1.165, 1.54) is 7.11 Å². The monoisotopic (exact) mass is 283 g/mol. The molecular formula is C17H17NO3. The van der Waals surface area contributed by atoms with Crippen LogP contribution in [0.5, 0.6) is 5.75 Å². The van der Waals surface area contributed by atoms with Gasteiger partial charge in [-0.1, -0.05) is 48.2 Å². The third kappa shape index (κ3) is 4.51. The van der Waals surface area contributed by atoms with Crippen LogP contribution in [-0.2, 0) is 9.53 Å². The summed E-state index contributed by atoms with van der Waals surface area (Å²) in [7, 11) is 1.48. The predicted molar refractivity (Wildman–Crippen MR) is 82.1 cm³/mol. The molecule has 0 aliphatic carbocycles. The zero-order chi connectivity index (χ0) is 14.9. The lowest BCUT2D eigenvalue weighted by Gasteiger charge is -2.06. The maximum Gasteiger partial charge on any atom is 0.246 e. The highest BCUT2D eigenvalue weighted by atomic mass is 16.5. The quantitative estimate of drug-likeness (QED) is 0.854. The van der Waals surface area contributed by atoms with Crippen molar-refractivity contribution < 1.29 is 14.3 Å². The number of hydrogen-bond donors (Lipinski definition) is 1. The van der Waals surface area contributed by atoms with Crippen molar-refractivity contribution in [3.05, 3.63) is 42.5 Å². The molecule has 108 valence electrons. The third-order valence-electron chi connectivity index (χ3n) is 2.82. The maximum absolute atomic E-state index is 11.1. The van der Waals surface area contributed by atoms with Gasteiger partial charge >= 0.3 is 0 Å². The van der Waals surface area contributed by atoms with Crippen molar-refractivity contribution >= 4 is 16.7 Å². The van der Waals surface area contributed by atoms with E-state index >= 15 is 0 Å². The molecule has 0 aromatic heterocycles. The highest BCUT2D eigenvalue weighted by Gasteiger charge is 1.99. The SMILES string of the molecule is COCC(=O)NCC#CCOc1cccc2ccccc12. The van der Waals surface area contributed by atoms with Gasteiger partial charge in [-0.3, -0.25) is 4.79 Å². The number of benzene rings is 2. The summed E-state index contributed by atoms with van der Waals surface area (Å²) in [5.74, 6) is 6.33. The summed E-state index contributed by atoms with van der Waals surface area (Å²) in [6.07, 6.45) is 0. The Morgan fingerprint density at radius 2 is 1.95 bits per heavy atom. The minimum absolute atomic E-state index is 0.0498. The molecule has 1 N–H and O–H groups in total. The minimum atomic E-state index is -0.179. The van der Waals surface area contributed by atoms with Gasteiger partial charge < -0.3 is 14.8 Å². The number of methoxy groups -OCH3 is 1. The number of hydrogen-bond acceptors (Lipinski definition) is 3. The molecule has 0 atom stereocenters. The van der Waals surface area contributed by atoms with E-state index in [1.807, 2.05) is 42.5 Å². The first-order chi connectivity index (χ1) is 10.3. The second-order valence-corrected chi connectivity index (χ2v) is 4.33. The van der Waals surface area contributed by atoms with Crippen molar-refractivity contribution in [2.45, 2.75) is 0 Å². The van der Waals surface area contributed by atoms with Crippen LogP contribution >= 0.6 is 0 Å². The van der Waals surface area contributed by atoms with Crippen LogP contribution in [0.4, 0.5) is 0 Å². The highest BCUT2D eigenvalue weighted by Crippen LogP contribution is 2.24. The molecule has 4 heteroatoms. The van der Waals surface area contributed by atoms with Gasteiger partial charge in [-0.25, -0.2) is 0 Å². The van der Waals surface area contributed by atoms with E-state index in [0.717, 1.165) is 16.5 Å². The molecule has 0 fully saturated rings. The van der Waals surface area contributed by atoms with Crippen LogP contribution in [0.2, 0.25) is 0 Å². The zero-order valence-corrected chi connectivity index (χ0v) is 11.9. The van der Waals surface area contributed by atoms with Crippen molar-refractivity contribution in [3.63, 3.8) is 0 Å². The molecule has 0 aliphatic rings. The van der Waals surface area contributed by atoms with E-state index in [0.29, 0.717) is 6.54 Å². The number of amides is 1. The van der Waals surface area contributed by atoms with Crippen molar-refractivity contribution in [2.24, 2.45) is 0 Å². The van der Waals surface area contributed by atoms with E-state index in [-0.39, 0.29) is 19.1 Å². The second kappa shape index (κ2) is 7.93. The van der Waals surface area contributed by atoms with Crippen LogP contribution in [0.15, 0.2) is 42.5 Å². The molecule has 0 radical (unpaired) electrons. The summed E-state index contributed by atoms with van der Waals surface area (Å²) in [6, 6.07) is 13.9. The number of carbonyl (C=O) groups is 1. The van der Waals surface area contributed by atoms with E-state index < -0.39 is 0 Å². The van der Waals surface area contributed by atoms with Crippen LogP contribution in [0.1, 0.15) is 0 Å². The first-order valence-corrected chi connectivity index (χ1v) is 6.63. The van der Waals surface area contributed by atoms with Crippen molar-refractivity contribution in [1.29, 1.82) is 0 Å². The maximum atomic E-state index is 11.1. The summed E-state index contributed by atoms with van der Waals surface area (Å²) in [5, 5.41) is 4.82. The van der Waals surface area contributed by atoms with Crippen molar-refractivity contribution in [1.82, 2.24) is 5.32 Å². The van der Waals surface area contributed by atoms with Gasteiger partial charge in [-0.2, -0.15) is 0 Å². The van der Waals surface area contributed by atoms with Gasteiger partial charge in [0.1, 0.15) is 19.0 Å². The van der Waals surface area contributed by atoms with E-state index in [1.54, 1.807) is 0 Å². The molecule has 0 bridgehead atoms. The highest BCUT2D eigenvalue weighted by molar-refractivity contribution is 5.88. The number of rotatable bonds is 5. The lowest BCUT2D eigenvalue weighted by molar-refractivity contribution is -0.124. The van der Waals surface area contributed by atoms with E-state index in [9.17, 15) is 4.79 Å². The fraction of sp³-hybridized carbons (Fsp3) is 0.235. The Hall–Kier alpha value is -2.51. The number of fused-ring (bicyclic) bond motifs is 1. The van der Waals surface area contributed by atoms with Gasteiger partial charge in [0.15, 0.2) is 0 Å². The number of ether oxygens (including phenoxy) is 2. The fourth-order valence-electron chi connectivity index (χ4n) is 1.87. The molecule has 0 saturated carbocycles. The first kappa shape index (κ1) is 14.9. The lowest BCUT2D eigenvalue weighted by Crippen LogP contribution is -2.27. The van der Waals surface area contributed by atoms with Gasteiger partial charge in [0.2, 0.25) is 5.91 Å². The van der Waals surface area contributed by atoms with Crippen LogP contribution < -0.4 is 10.1 Å². The molecule has 0 saturated heterocycles. The zero-order valence-electron chi connectivity index (χ0n) is 11.9. The summed E-state index contributed by atoms with van der Waals surface area (Å²) in [6.45, 7) is 0.628. The van der Waals surface area contributed by atoms with Crippen LogP contribution in [0.25, 0.3) is 10.8 Å².